The van der Waals surface area contributed by atoms with Crippen molar-refractivity contribution in [1.29, 1.82) is 0 Å². The van der Waals surface area contributed by atoms with E-state index < -0.39 is 12.0 Å². The van der Waals surface area contributed by atoms with Gasteiger partial charge in [0.15, 0.2) is 0 Å². The van der Waals surface area contributed by atoms with Gasteiger partial charge in [-0.25, -0.2) is 9.59 Å². The maximum Gasteiger partial charge on any atom is 0.327 e. The molecule has 0 radical (unpaired) electrons. The molecular weight excluding hydrogens is 228 g/mol. The molecule has 0 saturated carbocycles. The van der Waals surface area contributed by atoms with E-state index in [4.69, 9.17) is 5.11 Å². The topological polar surface area (TPSA) is 69.6 Å². The summed E-state index contributed by atoms with van der Waals surface area (Å²) < 4.78 is 0. The second-order valence-electron chi connectivity index (χ2n) is 3.69. The molecule has 1 aliphatic rings. The number of urea groups is 1. The van der Waals surface area contributed by atoms with Crippen LogP contribution in [0.15, 0.2) is 0 Å². The highest BCUT2D eigenvalue weighted by atomic mass is 32.2. The van der Waals surface area contributed by atoms with E-state index in [0.29, 0.717) is 12.3 Å². The molecule has 92 valence electrons. The van der Waals surface area contributed by atoms with Gasteiger partial charge < -0.3 is 10.4 Å². The monoisotopic (exact) mass is 246 g/mol. The number of thioether (sulfide) groups is 1. The zero-order valence-corrected chi connectivity index (χ0v) is 10.4. The van der Waals surface area contributed by atoms with Crippen molar-refractivity contribution in [3.63, 3.8) is 0 Å². The van der Waals surface area contributed by atoms with Gasteiger partial charge in [-0.05, 0) is 12.8 Å². The van der Waals surface area contributed by atoms with E-state index in [1.807, 2.05) is 13.8 Å². The second-order valence-corrected chi connectivity index (χ2v) is 4.90. The maximum absolute atomic E-state index is 11.8. The van der Waals surface area contributed by atoms with Gasteiger partial charge in [-0.3, -0.25) is 4.90 Å². The molecule has 16 heavy (non-hydrogen) atoms. The quantitative estimate of drug-likeness (QED) is 0.785. The molecule has 1 heterocycles. The number of hydrogen-bond acceptors (Lipinski definition) is 3. The van der Waals surface area contributed by atoms with Crippen molar-refractivity contribution in [2.24, 2.45) is 0 Å². The van der Waals surface area contributed by atoms with Gasteiger partial charge in [-0.15, -0.1) is 11.8 Å². The number of carbonyl (C=O) groups excluding carboxylic acids is 1. The first-order valence-corrected chi connectivity index (χ1v) is 6.57. The molecule has 2 amide bonds. The number of carboxylic acid groups (broad SMARTS) is 1. The highest BCUT2D eigenvalue weighted by molar-refractivity contribution is 8.00. The Morgan fingerprint density at radius 2 is 2.19 bits per heavy atom. The molecule has 0 aromatic heterocycles. The van der Waals surface area contributed by atoms with Crippen LogP contribution < -0.4 is 5.32 Å². The number of rotatable bonds is 4. The van der Waals surface area contributed by atoms with Gasteiger partial charge in [0.1, 0.15) is 6.04 Å². The van der Waals surface area contributed by atoms with Crippen LogP contribution in [-0.4, -0.2) is 45.7 Å². The van der Waals surface area contributed by atoms with Gasteiger partial charge in [0.25, 0.3) is 0 Å². The molecule has 1 fully saturated rings. The Labute approximate surface area is 99.6 Å². The van der Waals surface area contributed by atoms with E-state index in [1.165, 1.54) is 16.7 Å². The van der Waals surface area contributed by atoms with E-state index in [9.17, 15) is 9.59 Å². The van der Waals surface area contributed by atoms with E-state index in [2.05, 4.69) is 5.32 Å². The Balaban J connectivity index is 2.69. The van der Waals surface area contributed by atoms with E-state index >= 15 is 0 Å². The summed E-state index contributed by atoms with van der Waals surface area (Å²) in [5, 5.41) is 11.8. The Bertz CT molecular complexity index is 273. The molecule has 0 spiro atoms. The predicted molar refractivity (Wildman–Crippen MR) is 63.5 cm³/mol. The first kappa shape index (κ1) is 13.2. The van der Waals surface area contributed by atoms with Gasteiger partial charge in [0, 0.05) is 12.3 Å². The van der Waals surface area contributed by atoms with Crippen molar-refractivity contribution >= 4 is 23.8 Å². The molecule has 1 rings (SSSR count). The van der Waals surface area contributed by atoms with Crippen LogP contribution in [0.5, 0.6) is 0 Å². The summed E-state index contributed by atoms with van der Waals surface area (Å²) in [6.45, 7) is 4.51. The molecule has 6 heteroatoms. The van der Waals surface area contributed by atoms with Crippen molar-refractivity contribution in [2.75, 3.05) is 12.3 Å². The number of amides is 2. The lowest BCUT2D eigenvalue weighted by molar-refractivity contribution is -0.141. The van der Waals surface area contributed by atoms with Crippen molar-refractivity contribution in [3.05, 3.63) is 0 Å². The fourth-order valence-corrected chi connectivity index (χ4v) is 3.01. The lowest BCUT2D eigenvalue weighted by Crippen LogP contribution is -2.50. The third-order valence-corrected chi connectivity index (χ3v) is 3.94. The fraction of sp³-hybridized carbons (Fsp3) is 0.800. The molecule has 1 aliphatic heterocycles. The summed E-state index contributed by atoms with van der Waals surface area (Å²) in [4.78, 5) is 24.3. The Morgan fingerprint density at radius 3 is 2.69 bits per heavy atom. The van der Waals surface area contributed by atoms with Crippen LogP contribution in [-0.2, 0) is 4.79 Å². The molecule has 5 nitrogen and oxygen atoms in total. The van der Waals surface area contributed by atoms with Gasteiger partial charge >= 0.3 is 12.0 Å². The lowest BCUT2D eigenvalue weighted by atomic mass is 10.3. The van der Waals surface area contributed by atoms with E-state index in [1.54, 1.807) is 0 Å². The largest absolute Gasteiger partial charge is 0.480 e. The molecular formula is C10H18N2O3S. The fourth-order valence-electron chi connectivity index (χ4n) is 1.66. The SMILES string of the molecule is CCCNC(=O)N1C(CC)SCC1C(=O)O. The number of hydrogen-bond donors (Lipinski definition) is 2. The standard InChI is InChI=1S/C10H18N2O3S/c1-3-5-11-10(15)12-7(9(13)14)6-16-8(12)4-2/h7-8H,3-6H2,1-2H3,(H,11,15)(H,13,14). The van der Waals surface area contributed by atoms with Crippen molar-refractivity contribution < 1.29 is 14.7 Å². The van der Waals surface area contributed by atoms with Crippen molar-refractivity contribution in [3.8, 4) is 0 Å². The summed E-state index contributed by atoms with van der Waals surface area (Å²) in [5.41, 5.74) is 0. The number of carbonyl (C=O) groups is 2. The Kier molecular flexibility index (Phi) is 4.92. The second kappa shape index (κ2) is 5.98. The minimum Gasteiger partial charge on any atom is -0.480 e. The van der Waals surface area contributed by atoms with Gasteiger partial charge in [-0.1, -0.05) is 13.8 Å². The highest BCUT2D eigenvalue weighted by Gasteiger charge is 2.40. The summed E-state index contributed by atoms with van der Waals surface area (Å²) >= 11 is 1.53. The predicted octanol–water partition coefficient (Wildman–Crippen LogP) is 1.34. The minimum absolute atomic E-state index is 0.0158. The smallest absolute Gasteiger partial charge is 0.327 e. The minimum atomic E-state index is -0.921. The first-order valence-electron chi connectivity index (χ1n) is 5.52. The van der Waals surface area contributed by atoms with Crippen LogP contribution in [0.4, 0.5) is 4.79 Å². The highest BCUT2D eigenvalue weighted by Crippen LogP contribution is 2.31. The molecule has 0 aromatic rings. The van der Waals surface area contributed by atoms with Gasteiger partial charge in [0.05, 0.1) is 5.37 Å². The normalized spacial score (nSPS) is 24.5. The summed E-state index contributed by atoms with van der Waals surface area (Å²) in [5.74, 6) is -0.442. The van der Waals surface area contributed by atoms with Gasteiger partial charge in [-0.2, -0.15) is 0 Å². The summed E-state index contributed by atoms with van der Waals surface area (Å²) in [7, 11) is 0. The van der Waals surface area contributed by atoms with Crippen LogP contribution >= 0.6 is 11.8 Å². The van der Waals surface area contributed by atoms with E-state index in [-0.39, 0.29) is 11.4 Å². The van der Waals surface area contributed by atoms with Crippen LogP contribution in [0, 0.1) is 0 Å². The van der Waals surface area contributed by atoms with Crippen LogP contribution in [0.1, 0.15) is 26.7 Å². The summed E-state index contributed by atoms with van der Waals surface area (Å²) in [6.07, 6.45) is 1.62. The van der Waals surface area contributed by atoms with E-state index in [0.717, 1.165) is 12.8 Å². The maximum atomic E-state index is 11.8. The third kappa shape index (κ3) is 2.81. The number of carboxylic acids is 1. The van der Waals surface area contributed by atoms with Crippen molar-refractivity contribution in [2.45, 2.75) is 38.1 Å². The Hall–Kier alpha value is -0.910. The molecule has 2 unspecified atom stereocenters. The molecule has 2 N–H and O–H groups in total. The molecule has 0 bridgehead atoms. The average molecular weight is 246 g/mol. The number of aliphatic carboxylic acids is 1. The van der Waals surface area contributed by atoms with Crippen LogP contribution in [0.2, 0.25) is 0 Å². The van der Waals surface area contributed by atoms with Crippen LogP contribution in [0.3, 0.4) is 0 Å². The van der Waals surface area contributed by atoms with Crippen LogP contribution in [0.25, 0.3) is 0 Å². The summed E-state index contributed by atoms with van der Waals surface area (Å²) in [6, 6.07) is -0.946. The average Bonchev–Trinajstić information content (AvgIpc) is 2.69. The van der Waals surface area contributed by atoms with Gasteiger partial charge in [0.2, 0.25) is 0 Å². The third-order valence-electron chi connectivity index (χ3n) is 2.49. The zero-order valence-electron chi connectivity index (χ0n) is 9.60. The zero-order chi connectivity index (χ0) is 12.1. The lowest BCUT2D eigenvalue weighted by Gasteiger charge is -2.26. The molecule has 1 saturated heterocycles. The molecule has 0 aromatic carbocycles. The first-order chi connectivity index (χ1) is 7.61. The molecule has 0 aliphatic carbocycles. The molecule has 2 atom stereocenters. The number of nitrogens with one attached hydrogen (secondary N) is 1. The van der Waals surface area contributed by atoms with Crippen molar-refractivity contribution in [1.82, 2.24) is 10.2 Å². The Morgan fingerprint density at radius 1 is 1.50 bits per heavy atom. The number of nitrogens with zero attached hydrogens (tertiary/aromatic N) is 1.